The van der Waals surface area contributed by atoms with Crippen molar-refractivity contribution in [2.45, 2.75) is 0 Å². The highest BCUT2D eigenvalue weighted by atomic mass is 79.9. The molecule has 0 radical (unpaired) electrons. The topological polar surface area (TPSA) is 74.3 Å². The van der Waals surface area contributed by atoms with Crippen LogP contribution in [0, 0.1) is 0 Å². The van der Waals surface area contributed by atoms with Crippen LogP contribution in [0.15, 0.2) is 28.2 Å². The maximum atomic E-state index is 11.7. The van der Waals surface area contributed by atoms with Gasteiger partial charge < -0.3 is 10.5 Å². The quantitative estimate of drug-likeness (QED) is 0.861. The van der Waals surface area contributed by atoms with E-state index in [1.165, 1.54) is 23.0 Å². The van der Waals surface area contributed by atoms with Gasteiger partial charge in [-0.25, -0.2) is 9.59 Å². The Kier molecular flexibility index (Phi) is 3.53. The van der Waals surface area contributed by atoms with Crippen LogP contribution >= 0.6 is 27.3 Å². The molecule has 0 aromatic carbocycles. The largest absolute Gasteiger partial charge is 0.465 e. The lowest BCUT2D eigenvalue weighted by Crippen LogP contribution is -2.19. The number of thiophene rings is 1. The van der Waals surface area contributed by atoms with E-state index in [-0.39, 0.29) is 0 Å². The molecule has 0 saturated heterocycles. The van der Waals surface area contributed by atoms with Crippen molar-refractivity contribution in [2.75, 3.05) is 7.11 Å². The van der Waals surface area contributed by atoms with Crippen molar-refractivity contribution in [1.29, 1.82) is 0 Å². The number of carbonyl (C=O) groups excluding carboxylic acids is 2. The first-order valence-corrected chi connectivity index (χ1v) is 6.50. The van der Waals surface area contributed by atoms with Crippen LogP contribution in [0.5, 0.6) is 0 Å². The number of hydrogen-bond donors (Lipinski definition) is 1. The predicted octanol–water partition coefficient (Wildman–Crippen LogP) is 2.69. The van der Waals surface area contributed by atoms with Gasteiger partial charge in [-0.2, -0.15) is 0 Å². The first kappa shape index (κ1) is 12.8. The van der Waals surface area contributed by atoms with Crippen molar-refractivity contribution < 1.29 is 14.3 Å². The number of halogens is 1. The standard InChI is InChI=1S/C11H9BrN2O3S/c1-17-10(15)6-5-8(12)18-9(6)7-3-2-4-14(7)11(13)16/h2-5H,1H3,(H2,13,16). The van der Waals surface area contributed by atoms with Gasteiger partial charge in [0, 0.05) is 6.20 Å². The summed E-state index contributed by atoms with van der Waals surface area (Å²) >= 11 is 4.65. The lowest BCUT2D eigenvalue weighted by atomic mass is 10.2. The van der Waals surface area contributed by atoms with Crippen molar-refractivity contribution >= 4 is 39.3 Å². The summed E-state index contributed by atoms with van der Waals surface area (Å²) in [6.45, 7) is 0. The van der Waals surface area contributed by atoms with Crippen LogP contribution in [0.3, 0.4) is 0 Å². The number of aromatic nitrogens is 1. The van der Waals surface area contributed by atoms with E-state index < -0.39 is 12.0 Å². The Morgan fingerprint density at radius 1 is 1.50 bits per heavy atom. The molecule has 2 heterocycles. The average Bonchev–Trinajstić information content (AvgIpc) is 2.93. The molecule has 0 bridgehead atoms. The first-order chi connectivity index (χ1) is 8.54. The molecule has 2 rings (SSSR count). The van der Waals surface area contributed by atoms with Gasteiger partial charge in [-0.15, -0.1) is 11.3 Å². The summed E-state index contributed by atoms with van der Waals surface area (Å²) in [7, 11) is 1.31. The van der Waals surface area contributed by atoms with E-state index in [2.05, 4.69) is 15.9 Å². The summed E-state index contributed by atoms with van der Waals surface area (Å²) in [6.07, 6.45) is 1.55. The number of nitrogens with zero attached hydrogens (tertiary/aromatic N) is 1. The number of nitrogens with two attached hydrogens (primary N) is 1. The van der Waals surface area contributed by atoms with Gasteiger partial charge in [-0.1, -0.05) is 0 Å². The molecule has 0 aliphatic carbocycles. The van der Waals surface area contributed by atoms with Crippen LogP contribution in [-0.4, -0.2) is 23.7 Å². The molecule has 18 heavy (non-hydrogen) atoms. The zero-order valence-corrected chi connectivity index (χ0v) is 11.7. The van der Waals surface area contributed by atoms with Crippen LogP contribution in [0.25, 0.3) is 10.6 Å². The van der Waals surface area contributed by atoms with Gasteiger partial charge >= 0.3 is 12.0 Å². The second kappa shape index (κ2) is 4.95. The molecule has 0 fully saturated rings. The molecule has 94 valence electrons. The van der Waals surface area contributed by atoms with Crippen LogP contribution < -0.4 is 5.73 Å². The summed E-state index contributed by atoms with van der Waals surface area (Å²) in [4.78, 5) is 23.6. The normalized spacial score (nSPS) is 10.3. The number of ether oxygens (including phenoxy) is 1. The molecule has 7 heteroatoms. The summed E-state index contributed by atoms with van der Waals surface area (Å²) in [5, 5.41) is 0. The van der Waals surface area contributed by atoms with Crippen LogP contribution in [0.4, 0.5) is 4.79 Å². The zero-order valence-electron chi connectivity index (χ0n) is 9.34. The summed E-state index contributed by atoms with van der Waals surface area (Å²) in [5.74, 6) is -0.454. The lowest BCUT2D eigenvalue weighted by Gasteiger charge is -2.04. The molecule has 0 spiro atoms. The SMILES string of the molecule is COC(=O)c1cc(Br)sc1-c1cccn1C(N)=O. The van der Waals surface area contributed by atoms with Crippen LogP contribution in [-0.2, 0) is 4.74 Å². The number of hydrogen-bond acceptors (Lipinski definition) is 4. The molecule has 1 amide bonds. The molecule has 2 N–H and O–H groups in total. The van der Waals surface area contributed by atoms with Gasteiger partial charge in [0.2, 0.25) is 0 Å². The Morgan fingerprint density at radius 3 is 2.83 bits per heavy atom. The number of primary amides is 1. The number of amides is 1. The van der Waals surface area contributed by atoms with Crippen molar-refractivity contribution in [3.8, 4) is 10.6 Å². The molecule has 0 saturated carbocycles. The summed E-state index contributed by atoms with van der Waals surface area (Å²) in [5.41, 5.74) is 6.23. The van der Waals surface area contributed by atoms with E-state index in [0.29, 0.717) is 16.1 Å². The molecule has 0 unspecified atom stereocenters. The highest BCUT2D eigenvalue weighted by Crippen LogP contribution is 2.36. The second-order valence-electron chi connectivity index (χ2n) is 3.39. The van der Waals surface area contributed by atoms with Crippen molar-refractivity contribution in [3.63, 3.8) is 0 Å². The number of carbonyl (C=O) groups is 2. The highest BCUT2D eigenvalue weighted by molar-refractivity contribution is 9.11. The number of methoxy groups -OCH3 is 1. The molecule has 0 atom stereocenters. The summed E-state index contributed by atoms with van der Waals surface area (Å²) < 4.78 is 6.77. The van der Waals surface area contributed by atoms with E-state index in [1.807, 2.05) is 0 Å². The molecule has 0 aliphatic rings. The van der Waals surface area contributed by atoms with E-state index in [4.69, 9.17) is 10.5 Å². The average molecular weight is 329 g/mol. The van der Waals surface area contributed by atoms with Crippen molar-refractivity contribution in [3.05, 3.63) is 33.7 Å². The van der Waals surface area contributed by atoms with Gasteiger partial charge in [0.15, 0.2) is 0 Å². The minimum absolute atomic E-state index is 0.399. The molecule has 2 aromatic rings. The van der Waals surface area contributed by atoms with Gasteiger partial charge in [0.05, 0.1) is 27.0 Å². The van der Waals surface area contributed by atoms with E-state index in [0.717, 1.165) is 3.79 Å². The fourth-order valence-corrected chi connectivity index (χ4v) is 3.18. The van der Waals surface area contributed by atoms with Gasteiger partial charge in [0.25, 0.3) is 0 Å². The minimum Gasteiger partial charge on any atom is -0.465 e. The van der Waals surface area contributed by atoms with E-state index in [1.54, 1.807) is 24.4 Å². The third-order valence-corrected chi connectivity index (χ3v) is 3.99. The fourth-order valence-electron chi connectivity index (χ4n) is 1.57. The third-order valence-electron chi connectivity index (χ3n) is 2.33. The highest BCUT2D eigenvalue weighted by Gasteiger charge is 2.20. The summed E-state index contributed by atoms with van der Waals surface area (Å²) in [6, 6.07) is 4.46. The fraction of sp³-hybridized carbons (Fsp3) is 0.0909. The number of esters is 1. The van der Waals surface area contributed by atoms with Crippen molar-refractivity contribution in [2.24, 2.45) is 5.73 Å². The molecule has 2 aromatic heterocycles. The maximum absolute atomic E-state index is 11.7. The lowest BCUT2D eigenvalue weighted by molar-refractivity contribution is 0.0602. The van der Waals surface area contributed by atoms with Gasteiger partial charge in [0.1, 0.15) is 0 Å². The molecule has 5 nitrogen and oxygen atoms in total. The molecule has 0 aliphatic heterocycles. The van der Waals surface area contributed by atoms with Crippen LogP contribution in [0.1, 0.15) is 10.4 Å². The Bertz CT molecular complexity index is 618. The number of rotatable bonds is 2. The maximum Gasteiger partial charge on any atom is 0.339 e. The molecular formula is C11H9BrN2O3S. The first-order valence-electron chi connectivity index (χ1n) is 4.89. The zero-order chi connectivity index (χ0) is 13.3. The Morgan fingerprint density at radius 2 is 2.22 bits per heavy atom. The monoisotopic (exact) mass is 328 g/mol. The minimum atomic E-state index is -0.602. The van der Waals surface area contributed by atoms with E-state index >= 15 is 0 Å². The van der Waals surface area contributed by atoms with Crippen molar-refractivity contribution in [1.82, 2.24) is 4.57 Å². The Labute approximate surface area is 115 Å². The van der Waals surface area contributed by atoms with Crippen LogP contribution in [0.2, 0.25) is 0 Å². The van der Waals surface area contributed by atoms with E-state index in [9.17, 15) is 9.59 Å². The Hall–Kier alpha value is -1.60. The molecular weight excluding hydrogens is 320 g/mol. The predicted molar refractivity (Wildman–Crippen MR) is 71.8 cm³/mol. The third kappa shape index (κ3) is 2.19. The Balaban J connectivity index is 2.60. The second-order valence-corrected chi connectivity index (χ2v) is 5.82. The van der Waals surface area contributed by atoms with Gasteiger partial charge in [-0.05, 0) is 34.1 Å². The van der Waals surface area contributed by atoms with Gasteiger partial charge in [-0.3, -0.25) is 4.57 Å². The smallest absolute Gasteiger partial charge is 0.339 e.